The summed E-state index contributed by atoms with van der Waals surface area (Å²) in [6.07, 6.45) is 0. The van der Waals surface area contributed by atoms with Crippen molar-refractivity contribution in [2.75, 3.05) is 16.7 Å². The molecule has 0 spiro atoms. The largest absolute Gasteiger partial charge is 0.321 e. The van der Waals surface area contributed by atoms with Gasteiger partial charge in [0.2, 0.25) is 0 Å². The van der Waals surface area contributed by atoms with Crippen LogP contribution in [0.4, 0.5) is 11.4 Å². The van der Waals surface area contributed by atoms with Gasteiger partial charge in [-0.05, 0) is 47.2 Å². The molecule has 1 N–H and O–H groups in total. The number of para-hydroxylation sites is 1. The molecule has 146 valence electrons. The van der Waals surface area contributed by atoms with Crippen LogP contribution in [0.3, 0.4) is 0 Å². The van der Waals surface area contributed by atoms with E-state index in [-0.39, 0.29) is 9.77 Å². The van der Waals surface area contributed by atoms with E-state index in [1.165, 1.54) is 23.0 Å². The first-order chi connectivity index (χ1) is 13.3. The molecule has 0 radical (unpaired) electrons. The number of hydrogen-bond donors (Lipinski definition) is 1. The summed E-state index contributed by atoms with van der Waals surface area (Å²) in [5, 5.41) is 4.40. The molecule has 0 aliphatic rings. The fraction of sp³-hybridized carbons (Fsp3) is 0.190. The number of anilines is 2. The van der Waals surface area contributed by atoms with Gasteiger partial charge < -0.3 is 5.32 Å². The smallest absolute Gasteiger partial charge is 0.267 e. The summed E-state index contributed by atoms with van der Waals surface area (Å²) < 4.78 is 27.3. The Labute approximate surface area is 169 Å². The quantitative estimate of drug-likeness (QED) is 0.621. The van der Waals surface area contributed by atoms with Crippen molar-refractivity contribution in [3.8, 4) is 0 Å². The molecule has 0 atom stereocenters. The molecular weight excluding hydrogens is 392 g/mol. The standard InChI is InChI=1S/C21H22N2O3S2/c1-15(2)16-9-11-17(12-10-16)22-21(24)20-19(13-14-27-20)28(25,26)23(3)18-7-5-4-6-8-18/h4-15H,1-3H3,(H,22,24). The predicted molar refractivity (Wildman–Crippen MR) is 115 cm³/mol. The number of carbonyl (C=O) groups excluding carboxylic acids is 1. The lowest BCUT2D eigenvalue weighted by Gasteiger charge is -2.19. The van der Waals surface area contributed by atoms with E-state index in [1.54, 1.807) is 29.6 Å². The van der Waals surface area contributed by atoms with Gasteiger partial charge in [-0.1, -0.05) is 44.2 Å². The zero-order chi connectivity index (χ0) is 20.3. The normalized spacial score (nSPS) is 11.4. The second-order valence-corrected chi connectivity index (χ2v) is 9.51. The summed E-state index contributed by atoms with van der Waals surface area (Å²) in [4.78, 5) is 12.9. The molecule has 0 fully saturated rings. The molecule has 5 nitrogen and oxygen atoms in total. The second kappa shape index (κ2) is 8.16. The maximum atomic E-state index is 13.0. The minimum atomic E-state index is -3.85. The third-order valence-electron chi connectivity index (χ3n) is 4.43. The van der Waals surface area contributed by atoms with Crippen LogP contribution in [-0.2, 0) is 10.0 Å². The molecule has 0 unspecified atom stereocenters. The van der Waals surface area contributed by atoms with Gasteiger partial charge in [-0.2, -0.15) is 0 Å². The fourth-order valence-corrected chi connectivity index (χ4v) is 5.22. The maximum Gasteiger partial charge on any atom is 0.267 e. The lowest BCUT2D eigenvalue weighted by atomic mass is 10.0. The predicted octanol–water partition coefficient (Wildman–Crippen LogP) is 4.95. The Morgan fingerprint density at radius 1 is 1.00 bits per heavy atom. The van der Waals surface area contributed by atoms with Gasteiger partial charge in [0.1, 0.15) is 9.77 Å². The molecule has 0 aliphatic carbocycles. The fourth-order valence-electron chi connectivity index (χ4n) is 2.73. The molecule has 7 heteroatoms. The highest BCUT2D eigenvalue weighted by atomic mass is 32.2. The van der Waals surface area contributed by atoms with E-state index in [0.717, 1.165) is 11.3 Å². The minimum Gasteiger partial charge on any atom is -0.321 e. The Balaban J connectivity index is 1.85. The molecule has 0 bridgehead atoms. The van der Waals surface area contributed by atoms with Gasteiger partial charge >= 0.3 is 0 Å². The summed E-state index contributed by atoms with van der Waals surface area (Å²) in [6.45, 7) is 4.19. The molecule has 1 aromatic heterocycles. The highest BCUT2D eigenvalue weighted by Gasteiger charge is 2.28. The van der Waals surface area contributed by atoms with Crippen LogP contribution < -0.4 is 9.62 Å². The third kappa shape index (κ3) is 4.10. The van der Waals surface area contributed by atoms with E-state index in [9.17, 15) is 13.2 Å². The van der Waals surface area contributed by atoms with Gasteiger partial charge in [-0.25, -0.2) is 8.42 Å². The Bertz CT molecular complexity index is 1060. The molecule has 28 heavy (non-hydrogen) atoms. The Kier molecular flexibility index (Phi) is 5.86. The van der Waals surface area contributed by atoms with Crippen LogP contribution in [0.2, 0.25) is 0 Å². The van der Waals surface area contributed by atoms with Crippen LogP contribution in [0.5, 0.6) is 0 Å². The summed E-state index contributed by atoms with van der Waals surface area (Å²) in [6, 6.07) is 17.8. The summed E-state index contributed by atoms with van der Waals surface area (Å²) in [5.74, 6) is -0.0420. The van der Waals surface area contributed by atoms with Crippen molar-refractivity contribution in [2.45, 2.75) is 24.7 Å². The average Bonchev–Trinajstić information content (AvgIpc) is 3.19. The highest BCUT2D eigenvalue weighted by molar-refractivity contribution is 7.93. The molecule has 1 heterocycles. The number of rotatable bonds is 6. The number of hydrogen-bond acceptors (Lipinski definition) is 4. The van der Waals surface area contributed by atoms with Crippen LogP contribution >= 0.6 is 11.3 Å². The molecule has 2 aromatic carbocycles. The number of nitrogens with zero attached hydrogens (tertiary/aromatic N) is 1. The van der Waals surface area contributed by atoms with Crippen molar-refractivity contribution >= 4 is 38.6 Å². The first kappa shape index (κ1) is 20.1. The van der Waals surface area contributed by atoms with Gasteiger partial charge in [-0.3, -0.25) is 9.10 Å². The summed E-state index contributed by atoms with van der Waals surface area (Å²) in [5.41, 5.74) is 2.33. The number of thiophene rings is 1. The Hall–Kier alpha value is -2.64. The van der Waals surface area contributed by atoms with Crippen molar-refractivity contribution in [1.82, 2.24) is 0 Å². The molecular formula is C21H22N2O3S2. The number of amides is 1. The summed E-state index contributed by atoms with van der Waals surface area (Å²) in [7, 11) is -2.37. The molecule has 0 saturated heterocycles. The van der Waals surface area contributed by atoms with Crippen LogP contribution in [0.25, 0.3) is 0 Å². The number of nitrogens with one attached hydrogen (secondary N) is 1. The van der Waals surface area contributed by atoms with Gasteiger partial charge in [0.25, 0.3) is 15.9 Å². The van der Waals surface area contributed by atoms with Crippen LogP contribution in [0, 0.1) is 0 Å². The Morgan fingerprint density at radius 3 is 2.25 bits per heavy atom. The lowest BCUT2D eigenvalue weighted by molar-refractivity contribution is 0.102. The SMILES string of the molecule is CC(C)c1ccc(NC(=O)c2sccc2S(=O)(=O)N(C)c2ccccc2)cc1. The molecule has 3 aromatic rings. The zero-order valence-corrected chi connectivity index (χ0v) is 17.5. The number of benzene rings is 2. The number of carbonyl (C=O) groups is 1. The van der Waals surface area contributed by atoms with Crippen molar-refractivity contribution in [3.63, 3.8) is 0 Å². The zero-order valence-electron chi connectivity index (χ0n) is 15.9. The van der Waals surface area contributed by atoms with Gasteiger partial charge in [-0.15, -0.1) is 11.3 Å². The van der Waals surface area contributed by atoms with E-state index in [2.05, 4.69) is 19.2 Å². The monoisotopic (exact) mass is 414 g/mol. The Morgan fingerprint density at radius 2 is 1.64 bits per heavy atom. The molecule has 1 amide bonds. The molecule has 0 saturated carbocycles. The van der Waals surface area contributed by atoms with Gasteiger partial charge in [0.15, 0.2) is 0 Å². The highest BCUT2D eigenvalue weighted by Crippen LogP contribution is 2.28. The van der Waals surface area contributed by atoms with E-state index in [0.29, 0.717) is 17.3 Å². The second-order valence-electron chi connectivity index (χ2n) is 6.65. The van der Waals surface area contributed by atoms with Crippen LogP contribution in [0.15, 0.2) is 70.9 Å². The summed E-state index contributed by atoms with van der Waals surface area (Å²) >= 11 is 1.11. The lowest BCUT2D eigenvalue weighted by Crippen LogP contribution is -2.28. The number of sulfonamides is 1. The first-order valence-corrected chi connectivity index (χ1v) is 11.2. The minimum absolute atomic E-state index is 0.000142. The molecule has 3 rings (SSSR count). The topological polar surface area (TPSA) is 66.5 Å². The third-order valence-corrected chi connectivity index (χ3v) is 7.30. The van der Waals surface area contributed by atoms with Gasteiger partial charge in [0.05, 0.1) is 5.69 Å². The van der Waals surface area contributed by atoms with Gasteiger partial charge in [0, 0.05) is 12.7 Å². The van der Waals surface area contributed by atoms with Crippen LogP contribution in [-0.4, -0.2) is 21.4 Å². The van der Waals surface area contributed by atoms with E-state index in [4.69, 9.17) is 0 Å². The molecule has 0 aliphatic heterocycles. The van der Waals surface area contributed by atoms with E-state index >= 15 is 0 Å². The van der Waals surface area contributed by atoms with Crippen molar-refractivity contribution in [1.29, 1.82) is 0 Å². The van der Waals surface area contributed by atoms with Crippen molar-refractivity contribution < 1.29 is 13.2 Å². The van der Waals surface area contributed by atoms with E-state index in [1.807, 2.05) is 30.3 Å². The maximum absolute atomic E-state index is 13.0. The van der Waals surface area contributed by atoms with Crippen molar-refractivity contribution in [2.24, 2.45) is 0 Å². The van der Waals surface area contributed by atoms with Crippen molar-refractivity contribution in [3.05, 3.63) is 76.5 Å². The average molecular weight is 415 g/mol. The van der Waals surface area contributed by atoms with E-state index < -0.39 is 15.9 Å². The first-order valence-electron chi connectivity index (χ1n) is 8.83. The van der Waals surface area contributed by atoms with Crippen LogP contribution in [0.1, 0.15) is 35.0 Å².